The Morgan fingerprint density at radius 2 is 1.74 bits per heavy atom. The lowest BCUT2D eigenvalue weighted by Crippen LogP contribution is -2.33. The van der Waals surface area contributed by atoms with Crippen molar-refractivity contribution in [3.63, 3.8) is 0 Å². The van der Waals surface area contributed by atoms with E-state index in [-0.39, 0.29) is 24.1 Å². The van der Waals surface area contributed by atoms with Crippen LogP contribution >= 0.6 is 0 Å². The molecule has 4 rings (SSSR count). The highest BCUT2D eigenvalue weighted by Crippen LogP contribution is 2.36. The number of methoxy groups -OCH3 is 1. The van der Waals surface area contributed by atoms with Crippen molar-refractivity contribution in [3.8, 4) is 17.2 Å². The quantitative estimate of drug-likeness (QED) is 0.422. The highest BCUT2D eigenvalue weighted by atomic mass is 16.6. The lowest BCUT2D eigenvalue weighted by Gasteiger charge is -2.19. The molecule has 0 bridgehead atoms. The fourth-order valence-electron chi connectivity index (χ4n) is 3.78. The number of ether oxygens (including phenoxy) is 4. The van der Waals surface area contributed by atoms with Gasteiger partial charge in [-0.25, -0.2) is 0 Å². The number of fused-ring (bicyclic) bond motifs is 1. The third-order valence-electron chi connectivity index (χ3n) is 5.44. The van der Waals surface area contributed by atoms with Crippen LogP contribution in [0.1, 0.15) is 25.8 Å². The number of benzene rings is 2. The zero-order chi connectivity index (χ0) is 24.1. The van der Waals surface area contributed by atoms with Crippen LogP contribution < -0.4 is 19.5 Å². The molecule has 2 heterocycles. The minimum Gasteiger partial charge on any atom is -0.493 e. The Morgan fingerprint density at radius 1 is 1.00 bits per heavy atom. The lowest BCUT2D eigenvalue weighted by molar-refractivity contribution is -0.137. The molecule has 0 atom stereocenters. The molecule has 180 valence electrons. The molecule has 2 aromatic carbocycles. The van der Waals surface area contributed by atoms with E-state index in [0.717, 1.165) is 0 Å². The summed E-state index contributed by atoms with van der Waals surface area (Å²) in [7, 11) is 1.59. The van der Waals surface area contributed by atoms with Gasteiger partial charge in [0.2, 0.25) is 0 Å². The Labute approximate surface area is 199 Å². The highest BCUT2D eigenvalue weighted by molar-refractivity contribution is 6.36. The van der Waals surface area contributed by atoms with Gasteiger partial charge in [-0.05, 0) is 42.2 Å². The van der Waals surface area contributed by atoms with E-state index in [9.17, 15) is 9.59 Å². The van der Waals surface area contributed by atoms with Crippen LogP contribution in [-0.4, -0.2) is 56.8 Å². The highest BCUT2D eigenvalue weighted by Gasteiger charge is 2.39. The van der Waals surface area contributed by atoms with Crippen molar-refractivity contribution in [2.75, 3.05) is 45.4 Å². The molecule has 1 N–H and O–H groups in total. The molecule has 0 spiro atoms. The SMILES string of the molecule is COCCCN1C(=O)C(Nc2ccc3c(c2)OCCO3)=C(c2ccc(OCC(C)C)cc2)C1=O. The van der Waals surface area contributed by atoms with E-state index in [2.05, 4.69) is 19.2 Å². The minimum atomic E-state index is -0.369. The van der Waals surface area contributed by atoms with Gasteiger partial charge >= 0.3 is 0 Å². The summed E-state index contributed by atoms with van der Waals surface area (Å²) >= 11 is 0. The fraction of sp³-hybridized carbons (Fsp3) is 0.385. The van der Waals surface area contributed by atoms with E-state index in [4.69, 9.17) is 18.9 Å². The van der Waals surface area contributed by atoms with E-state index < -0.39 is 0 Å². The summed E-state index contributed by atoms with van der Waals surface area (Å²) in [6.07, 6.45) is 0.556. The van der Waals surface area contributed by atoms with E-state index in [0.29, 0.717) is 72.8 Å². The molecular formula is C26H30N2O6. The fourth-order valence-corrected chi connectivity index (χ4v) is 3.78. The number of rotatable bonds is 10. The second-order valence-corrected chi connectivity index (χ2v) is 8.57. The van der Waals surface area contributed by atoms with Crippen LogP contribution in [0.3, 0.4) is 0 Å². The Morgan fingerprint density at radius 3 is 2.44 bits per heavy atom. The zero-order valence-electron chi connectivity index (χ0n) is 19.8. The van der Waals surface area contributed by atoms with Crippen molar-refractivity contribution >= 4 is 23.1 Å². The average molecular weight is 467 g/mol. The second-order valence-electron chi connectivity index (χ2n) is 8.57. The molecule has 2 amide bonds. The first-order valence-corrected chi connectivity index (χ1v) is 11.5. The van der Waals surface area contributed by atoms with Crippen molar-refractivity contribution in [3.05, 3.63) is 53.7 Å². The van der Waals surface area contributed by atoms with Gasteiger partial charge in [-0.1, -0.05) is 26.0 Å². The largest absolute Gasteiger partial charge is 0.493 e. The lowest BCUT2D eigenvalue weighted by atomic mass is 10.0. The third-order valence-corrected chi connectivity index (χ3v) is 5.44. The predicted molar refractivity (Wildman–Crippen MR) is 128 cm³/mol. The van der Waals surface area contributed by atoms with Crippen molar-refractivity contribution in [1.29, 1.82) is 0 Å². The monoisotopic (exact) mass is 466 g/mol. The molecule has 34 heavy (non-hydrogen) atoms. The molecule has 0 unspecified atom stereocenters. The smallest absolute Gasteiger partial charge is 0.278 e. The predicted octanol–water partition coefficient (Wildman–Crippen LogP) is 3.72. The van der Waals surface area contributed by atoms with E-state index in [1.165, 1.54) is 4.90 Å². The van der Waals surface area contributed by atoms with Gasteiger partial charge in [-0.3, -0.25) is 14.5 Å². The first-order valence-electron chi connectivity index (χ1n) is 11.5. The summed E-state index contributed by atoms with van der Waals surface area (Å²) in [5, 5.41) is 3.16. The van der Waals surface area contributed by atoms with Crippen molar-refractivity contribution < 1.29 is 28.5 Å². The van der Waals surface area contributed by atoms with Crippen LogP contribution in [0.5, 0.6) is 17.2 Å². The molecule has 2 aromatic rings. The maximum atomic E-state index is 13.3. The topological polar surface area (TPSA) is 86.3 Å². The number of hydrogen-bond acceptors (Lipinski definition) is 7. The van der Waals surface area contributed by atoms with Gasteiger partial charge in [-0.2, -0.15) is 0 Å². The zero-order valence-corrected chi connectivity index (χ0v) is 19.8. The first-order chi connectivity index (χ1) is 16.5. The van der Waals surface area contributed by atoms with Crippen LogP contribution in [0.2, 0.25) is 0 Å². The second kappa shape index (κ2) is 10.6. The Hall–Kier alpha value is -3.52. The van der Waals surface area contributed by atoms with Gasteiger partial charge < -0.3 is 24.3 Å². The van der Waals surface area contributed by atoms with Crippen molar-refractivity contribution in [2.24, 2.45) is 5.92 Å². The van der Waals surface area contributed by atoms with E-state index >= 15 is 0 Å². The number of hydrogen-bond donors (Lipinski definition) is 1. The normalized spacial score (nSPS) is 15.4. The number of carbonyl (C=O) groups excluding carboxylic acids is 2. The number of nitrogens with one attached hydrogen (secondary N) is 1. The van der Waals surface area contributed by atoms with E-state index in [1.807, 2.05) is 12.1 Å². The van der Waals surface area contributed by atoms with Crippen LogP contribution in [-0.2, 0) is 14.3 Å². The van der Waals surface area contributed by atoms with Gasteiger partial charge in [0.15, 0.2) is 11.5 Å². The van der Waals surface area contributed by atoms with Gasteiger partial charge in [0.05, 0.1) is 12.2 Å². The molecule has 0 fully saturated rings. The number of amides is 2. The van der Waals surface area contributed by atoms with Crippen molar-refractivity contribution in [1.82, 2.24) is 4.90 Å². The summed E-state index contributed by atoms with van der Waals surface area (Å²) in [5.74, 6) is 1.66. The maximum Gasteiger partial charge on any atom is 0.278 e. The Bertz CT molecular complexity index is 1080. The van der Waals surface area contributed by atoms with Gasteiger partial charge in [0, 0.05) is 32.0 Å². The van der Waals surface area contributed by atoms with Gasteiger partial charge in [0.25, 0.3) is 11.8 Å². The number of nitrogens with zero attached hydrogens (tertiary/aromatic N) is 1. The van der Waals surface area contributed by atoms with Crippen LogP contribution in [0.4, 0.5) is 5.69 Å². The minimum absolute atomic E-state index is 0.231. The molecule has 0 aliphatic carbocycles. The molecule has 2 aliphatic rings. The van der Waals surface area contributed by atoms with Gasteiger partial charge in [-0.15, -0.1) is 0 Å². The molecule has 0 saturated carbocycles. The average Bonchev–Trinajstić information content (AvgIpc) is 3.07. The number of anilines is 1. The third kappa shape index (κ3) is 5.17. The summed E-state index contributed by atoms with van der Waals surface area (Å²) in [5.41, 5.74) is 1.83. The molecule has 2 aliphatic heterocycles. The first kappa shape index (κ1) is 23.6. The standard InChI is InChI=1S/C26H30N2O6/c1-17(2)16-34-20-8-5-18(6-9-20)23-24(26(30)28(25(23)29)11-4-12-31-3)27-19-7-10-21-22(15-19)33-14-13-32-21/h5-10,15,17,27H,4,11-14,16H2,1-3H3. The van der Waals surface area contributed by atoms with Crippen LogP contribution in [0, 0.1) is 5.92 Å². The molecule has 8 heteroatoms. The molecule has 0 aromatic heterocycles. The van der Waals surface area contributed by atoms with E-state index in [1.54, 1.807) is 37.4 Å². The molecule has 0 saturated heterocycles. The molecule has 8 nitrogen and oxygen atoms in total. The number of carbonyl (C=O) groups is 2. The van der Waals surface area contributed by atoms with Gasteiger partial charge in [0.1, 0.15) is 24.7 Å². The summed E-state index contributed by atoms with van der Waals surface area (Å²) in [6.45, 7) is 6.45. The molecular weight excluding hydrogens is 436 g/mol. The summed E-state index contributed by atoms with van der Waals surface area (Å²) in [6, 6.07) is 12.6. The van der Waals surface area contributed by atoms with Crippen LogP contribution in [0.15, 0.2) is 48.2 Å². The Balaban J connectivity index is 1.64. The van der Waals surface area contributed by atoms with Crippen LogP contribution in [0.25, 0.3) is 5.57 Å². The van der Waals surface area contributed by atoms with Crippen molar-refractivity contribution in [2.45, 2.75) is 20.3 Å². The molecule has 0 radical (unpaired) electrons. The summed E-state index contributed by atoms with van der Waals surface area (Å²) < 4.78 is 22.1. The Kier molecular flexibility index (Phi) is 7.37. The number of imide groups is 1. The summed E-state index contributed by atoms with van der Waals surface area (Å²) in [4.78, 5) is 27.9. The maximum absolute atomic E-state index is 13.3.